The first kappa shape index (κ1) is 19.5. The lowest BCUT2D eigenvalue weighted by molar-refractivity contribution is -0.910. The summed E-state index contributed by atoms with van der Waals surface area (Å²) < 4.78 is 16.1. The Morgan fingerprint density at radius 1 is 1.22 bits per heavy atom. The van der Waals surface area contributed by atoms with Gasteiger partial charge in [0.1, 0.15) is 6.04 Å². The molecular weight excluding hydrogens is 364 g/mol. The minimum absolute atomic E-state index is 0.0576. The minimum Gasteiger partial charge on any atom is -0.493 e. The summed E-state index contributed by atoms with van der Waals surface area (Å²) >= 11 is 1.78. The molecule has 1 saturated heterocycles. The molecule has 6 nitrogen and oxygen atoms in total. The second kappa shape index (κ2) is 9.10. The third-order valence-corrected chi connectivity index (χ3v) is 5.96. The van der Waals surface area contributed by atoms with Crippen molar-refractivity contribution in [3.63, 3.8) is 0 Å². The van der Waals surface area contributed by atoms with Crippen molar-refractivity contribution in [2.45, 2.75) is 25.4 Å². The highest BCUT2D eigenvalue weighted by molar-refractivity contribution is 7.10. The molecule has 3 rings (SSSR count). The molecule has 2 N–H and O–H groups in total. The van der Waals surface area contributed by atoms with E-state index in [1.165, 1.54) is 9.78 Å². The van der Waals surface area contributed by atoms with Gasteiger partial charge in [0.05, 0.1) is 32.8 Å². The molecule has 27 heavy (non-hydrogen) atoms. The number of thiophene rings is 1. The number of carbonyl (C=O) groups is 1. The van der Waals surface area contributed by atoms with E-state index in [2.05, 4.69) is 22.8 Å². The summed E-state index contributed by atoms with van der Waals surface area (Å²) in [5, 5.41) is 5.13. The smallest absolute Gasteiger partial charge is 0.275 e. The Balaban J connectivity index is 1.60. The summed E-state index contributed by atoms with van der Waals surface area (Å²) in [5.41, 5.74) is 0.907. The van der Waals surface area contributed by atoms with E-state index in [1.54, 1.807) is 32.7 Å². The van der Waals surface area contributed by atoms with Crippen molar-refractivity contribution in [2.75, 3.05) is 34.4 Å². The van der Waals surface area contributed by atoms with Crippen LogP contribution < -0.4 is 24.4 Å². The zero-order chi connectivity index (χ0) is 19.2. The van der Waals surface area contributed by atoms with Crippen LogP contribution in [0.1, 0.15) is 29.3 Å². The lowest BCUT2D eigenvalue weighted by Gasteiger charge is -2.20. The maximum Gasteiger partial charge on any atom is 0.275 e. The largest absolute Gasteiger partial charge is 0.493 e. The minimum atomic E-state index is 0.0576. The van der Waals surface area contributed by atoms with Crippen molar-refractivity contribution in [1.82, 2.24) is 5.32 Å². The molecule has 2 aromatic rings. The maximum absolute atomic E-state index is 12.5. The summed E-state index contributed by atoms with van der Waals surface area (Å²) in [6, 6.07) is 8.42. The molecule has 1 aromatic heterocycles. The number of rotatable bonds is 8. The van der Waals surface area contributed by atoms with E-state index < -0.39 is 0 Å². The van der Waals surface area contributed by atoms with Gasteiger partial charge in [-0.25, -0.2) is 0 Å². The van der Waals surface area contributed by atoms with Crippen LogP contribution in [-0.4, -0.2) is 40.3 Å². The van der Waals surface area contributed by atoms with E-state index in [0.717, 1.165) is 24.9 Å². The second-order valence-corrected chi connectivity index (χ2v) is 7.58. The first-order chi connectivity index (χ1) is 13.2. The Morgan fingerprint density at radius 2 is 1.96 bits per heavy atom. The zero-order valence-electron chi connectivity index (χ0n) is 16.0. The van der Waals surface area contributed by atoms with Gasteiger partial charge in [-0.2, -0.15) is 0 Å². The van der Waals surface area contributed by atoms with Crippen LogP contribution in [0.2, 0.25) is 0 Å². The van der Waals surface area contributed by atoms with Crippen LogP contribution in [0.15, 0.2) is 29.6 Å². The van der Waals surface area contributed by atoms with Crippen molar-refractivity contribution in [1.29, 1.82) is 0 Å². The lowest BCUT2D eigenvalue weighted by atomic mass is 10.1. The zero-order valence-corrected chi connectivity index (χ0v) is 16.9. The molecule has 1 amide bonds. The number of methoxy groups -OCH3 is 3. The molecule has 146 valence electrons. The van der Waals surface area contributed by atoms with Crippen LogP contribution in [0, 0.1) is 0 Å². The van der Waals surface area contributed by atoms with Crippen LogP contribution >= 0.6 is 11.3 Å². The van der Waals surface area contributed by atoms with E-state index in [0.29, 0.717) is 36.4 Å². The van der Waals surface area contributed by atoms with E-state index >= 15 is 0 Å². The summed E-state index contributed by atoms with van der Waals surface area (Å²) in [6.45, 7) is 1.96. The highest BCUT2D eigenvalue weighted by Crippen LogP contribution is 2.38. The third kappa shape index (κ3) is 4.54. The van der Waals surface area contributed by atoms with E-state index in [-0.39, 0.29) is 5.91 Å². The molecular formula is C20H27N2O4S+. The molecule has 0 radical (unpaired) electrons. The number of hydrogen-bond donors (Lipinski definition) is 2. The van der Waals surface area contributed by atoms with E-state index in [1.807, 2.05) is 12.1 Å². The molecule has 0 bridgehead atoms. The molecule has 0 saturated carbocycles. The van der Waals surface area contributed by atoms with Crippen LogP contribution in [0.25, 0.3) is 0 Å². The van der Waals surface area contributed by atoms with Gasteiger partial charge in [-0.1, -0.05) is 6.07 Å². The normalized spacial score (nSPS) is 18.9. The predicted molar refractivity (Wildman–Crippen MR) is 105 cm³/mol. The SMILES string of the molecule is COc1cc(CNC(=O)C[NH+]2CCC[C@@H]2c2cccs2)cc(OC)c1OC. The fourth-order valence-corrected chi connectivity index (χ4v) is 4.58. The number of quaternary nitrogens is 1. The Bertz CT molecular complexity index is 738. The Kier molecular flexibility index (Phi) is 6.58. The molecule has 1 aromatic carbocycles. The number of ether oxygens (including phenoxy) is 3. The van der Waals surface area contributed by atoms with Crippen LogP contribution in [0.5, 0.6) is 17.2 Å². The summed E-state index contributed by atoms with van der Waals surface area (Å²) in [6.07, 6.45) is 2.31. The van der Waals surface area contributed by atoms with Gasteiger partial charge in [-0.3, -0.25) is 4.79 Å². The second-order valence-electron chi connectivity index (χ2n) is 6.61. The molecule has 7 heteroatoms. The lowest BCUT2D eigenvalue weighted by Crippen LogP contribution is -3.11. The van der Waals surface area contributed by atoms with Crippen molar-refractivity contribution in [2.24, 2.45) is 0 Å². The fourth-order valence-electron chi connectivity index (χ4n) is 3.66. The number of likely N-dealkylation sites (tertiary alicyclic amines) is 1. The molecule has 1 aliphatic rings. The fraction of sp³-hybridized carbons (Fsp3) is 0.450. The number of benzene rings is 1. The number of carbonyl (C=O) groups excluding carboxylic acids is 1. The Labute approximate surface area is 164 Å². The molecule has 2 atom stereocenters. The highest BCUT2D eigenvalue weighted by atomic mass is 32.1. The standard InChI is InChI=1S/C20H26N2O4S/c1-24-16-10-14(11-17(25-2)20(16)26-3)12-21-19(23)13-22-8-4-6-15(22)18-7-5-9-27-18/h5,7,9-11,15H,4,6,8,12-13H2,1-3H3,(H,21,23)/p+1/t15-/m1/s1. The van der Waals surface area contributed by atoms with Gasteiger partial charge in [-0.05, 0) is 29.1 Å². The van der Waals surface area contributed by atoms with Crippen molar-refractivity contribution >= 4 is 17.2 Å². The van der Waals surface area contributed by atoms with Crippen molar-refractivity contribution in [3.05, 3.63) is 40.1 Å². The first-order valence-electron chi connectivity index (χ1n) is 9.09. The summed E-state index contributed by atoms with van der Waals surface area (Å²) in [5.74, 6) is 1.78. The summed E-state index contributed by atoms with van der Waals surface area (Å²) in [4.78, 5) is 15.2. The molecule has 0 spiro atoms. The summed E-state index contributed by atoms with van der Waals surface area (Å²) in [7, 11) is 4.74. The molecule has 0 aliphatic carbocycles. The molecule has 1 fully saturated rings. The topological polar surface area (TPSA) is 61.2 Å². The monoisotopic (exact) mass is 391 g/mol. The van der Waals surface area contributed by atoms with Gasteiger partial charge in [-0.15, -0.1) is 11.3 Å². The van der Waals surface area contributed by atoms with Crippen molar-refractivity contribution < 1.29 is 23.9 Å². The van der Waals surface area contributed by atoms with Gasteiger partial charge in [0.2, 0.25) is 5.75 Å². The Hall–Kier alpha value is -2.25. The number of nitrogens with one attached hydrogen (secondary N) is 2. The van der Waals surface area contributed by atoms with Crippen LogP contribution in [0.4, 0.5) is 0 Å². The van der Waals surface area contributed by atoms with Gasteiger partial charge < -0.3 is 24.4 Å². The number of amides is 1. The van der Waals surface area contributed by atoms with Gasteiger partial charge in [0, 0.05) is 19.4 Å². The van der Waals surface area contributed by atoms with Gasteiger partial charge >= 0.3 is 0 Å². The quantitative estimate of drug-likeness (QED) is 0.721. The molecule has 1 unspecified atom stereocenters. The first-order valence-corrected chi connectivity index (χ1v) is 9.97. The van der Waals surface area contributed by atoms with Gasteiger partial charge in [0.25, 0.3) is 5.91 Å². The third-order valence-electron chi connectivity index (χ3n) is 4.97. The number of hydrogen-bond acceptors (Lipinski definition) is 5. The van der Waals surface area contributed by atoms with E-state index in [9.17, 15) is 4.79 Å². The predicted octanol–water partition coefficient (Wildman–Crippen LogP) is 1.81. The highest BCUT2D eigenvalue weighted by Gasteiger charge is 2.32. The molecule has 1 aliphatic heterocycles. The average Bonchev–Trinajstić information content (AvgIpc) is 3.36. The maximum atomic E-state index is 12.5. The van der Waals surface area contributed by atoms with E-state index in [4.69, 9.17) is 14.2 Å². The van der Waals surface area contributed by atoms with Crippen LogP contribution in [0.3, 0.4) is 0 Å². The molecule has 2 heterocycles. The Morgan fingerprint density at radius 3 is 2.56 bits per heavy atom. The average molecular weight is 392 g/mol. The van der Waals surface area contributed by atoms with Gasteiger partial charge in [0.15, 0.2) is 18.0 Å². The van der Waals surface area contributed by atoms with Crippen molar-refractivity contribution in [3.8, 4) is 17.2 Å². The van der Waals surface area contributed by atoms with Crippen LogP contribution in [-0.2, 0) is 11.3 Å².